The first-order valence-corrected chi connectivity index (χ1v) is 6.85. The maximum absolute atomic E-state index is 12.1. The van der Waals surface area contributed by atoms with Crippen molar-refractivity contribution in [3.63, 3.8) is 0 Å². The average Bonchev–Trinajstić information content (AvgIpc) is 2.66. The molecule has 4 heteroatoms. The van der Waals surface area contributed by atoms with Crippen molar-refractivity contribution >= 4 is 17.7 Å². The number of thioether (sulfide) groups is 1. The van der Waals surface area contributed by atoms with E-state index in [0.717, 1.165) is 37.1 Å². The number of amides is 1. The lowest BCUT2D eigenvalue weighted by Crippen LogP contribution is -2.43. The predicted molar refractivity (Wildman–Crippen MR) is 61.9 cm³/mol. The van der Waals surface area contributed by atoms with Crippen LogP contribution in [0, 0.1) is 11.8 Å². The molecule has 0 aromatic carbocycles. The van der Waals surface area contributed by atoms with Crippen LogP contribution in [0.25, 0.3) is 0 Å². The third-order valence-electron chi connectivity index (χ3n) is 4.09. The maximum Gasteiger partial charge on any atom is 0.236 e. The third kappa shape index (κ3) is 1.58. The van der Waals surface area contributed by atoms with Gasteiger partial charge in [-0.2, -0.15) is 0 Å². The maximum atomic E-state index is 12.1. The summed E-state index contributed by atoms with van der Waals surface area (Å²) in [6.45, 7) is 4.29. The van der Waals surface area contributed by atoms with E-state index in [4.69, 9.17) is 0 Å². The van der Waals surface area contributed by atoms with E-state index >= 15 is 0 Å². The van der Waals surface area contributed by atoms with Gasteiger partial charge in [-0.05, 0) is 37.4 Å². The number of carbonyl (C=O) groups excluding carboxylic acids is 1. The summed E-state index contributed by atoms with van der Waals surface area (Å²) in [5.74, 6) is 2.88. The van der Waals surface area contributed by atoms with Crippen LogP contribution in [0.2, 0.25) is 0 Å². The second-order valence-corrected chi connectivity index (χ2v) is 6.77. The van der Waals surface area contributed by atoms with Gasteiger partial charge in [0.25, 0.3) is 0 Å². The van der Waals surface area contributed by atoms with Crippen molar-refractivity contribution in [1.29, 1.82) is 0 Å². The van der Waals surface area contributed by atoms with Crippen LogP contribution in [0.4, 0.5) is 0 Å². The number of hydrogen-bond acceptors (Lipinski definition) is 3. The molecule has 84 valence electrons. The van der Waals surface area contributed by atoms with Crippen LogP contribution in [0.3, 0.4) is 0 Å². The first kappa shape index (κ1) is 9.97. The number of fused-ring (bicyclic) bond motifs is 1. The van der Waals surface area contributed by atoms with Gasteiger partial charge in [0.15, 0.2) is 0 Å². The van der Waals surface area contributed by atoms with E-state index in [-0.39, 0.29) is 10.7 Å². The number of carbonyl (C=O) groups is 1. The predicted octanol–water partition coefficient (Wildman–Crippen LogP) is 0.606. The Hall–Kier alpha value is -0.220. The number of piperidine rings is 1. The average molecular weight is 226 g/mol. The molecule has 0 radical (unpaired) electrons. The normalized spacial score (nSPS) is 47.7. The third-order valence-corrected chi connectivity index (χ3v) is 5.61. The van der Waals surface area contributed by atoms with Crippen molar-refractivity contribution in [1.82, 2.24) is 10.6 Å². The van der Waals surface area contributed by atoms with Gasteiger partial charge < -0.3 is 10.6 Å². The SMILES string of the molecule is CC1(C(=O)NC2C3CNCC32)CCCS1. The largest absolute Gasteiger partial charge is 0.351 e. The van der Waals surface area contributed by atoms with Gasteiger partial charge in [-0.3, -0.25) is 4.79 Å². The molecule has 3 unspecified atom stereocenters. The van der Waals surface area contributed by atoms with Gasteiger partial charge in [-0.25, -0.2) is 0 Å². The van der Waals surface area contributed by atoms with Gasteiger partial charge in [-0.1, -0.05) is 0 Å². The van der Waals surface area contributed by atoms with Gasteiger partial charge in [0, 0.05) is 19.1 Å². The van der Waals surface area contributed by atoms with Crippen molar-refractivity contribution < 1.29 is 4.79 Å². The van der Waals surface area contributed by atoms with Crippen molar-refractivity contribution in [3.05, 3.63) is 0 Å². The van der Waals surface area contributed by atoms with E-state index in [1.54, 1.807) is 0 Å². The fourth-order valence-electron chi connectivity index (χ4n) is 2.89. The highest BCUT2D eigenvalue weighted by Crippen LogP contribution is 2.43. The molecule has 0 aromatic heterocycles. The lowest BCUT2D eigenvalue weighted by molar-refractivity contribution is -0.123. The van der Waals surface area contributed by atoms with Crippen LogP contribution in [-0.2, 0) is 4.79 Å². The van der Waals surface area contributed by atoms with Gasteiger partial charge >= 0.3 is 0 Å². The zero-order valence-corrected chi connectivity index (χ0v) is 9.90. The topological polar surface area (TPSA) is 41.1 Å². The Morgan fingerprint density at radius 3 is 2.80 bits per heavy atom. The Morgan fingerprint density at radius 2 is 2.20 bits per heavy atom. The summed E-state index contributed by atoms with van der Waals surface area (Å²) >= 11 is 1.82. The molecule has 1 amide bonds. The standard InChI is InChI=1S/C11H18N2OS/c1-11(3-2-4-15-11)10(14)13-9-7-5-12-6-8(7)9/h7-9,12H,2-6H2,1H3,(H,13,14). The Bertz CT molecular complexity index is 278. The highest BCUT2D eigenvalue weighted by atomic mass is 32.2. The second-order valence-electron chi connectivity index (χ2n) is 5.17. The number of nitrogens with one attached hydrogen (secondary N) is 2. The lowest BCUT2D eigenvalue weighted by atomic mass is 10.0. The van der Waals surface area contributed by atoms with E-state index in [9.17, 15) is 4.79 Å². The number of rotatable bonds is 2. The van der Waals surface area contributed by atoms with Crippen molar-refractivity contribution in [2.24, 2.45) is 11.8 Å². The fraction of sp³-hybridized carbons (Fsp3) is 0.909. The summed E-state index contributed by atoms with van der Waals surface area (Å²) in [6, 6.07) is 0.483. The van der Waals surface area contributed by atoms with E-state index in [1.165, 1.54) is 6.42 Å². The summed E-state index contributed by atoms with van der Waals surface area (Å²) in [5.41, 5.74) is 0. The minimum Gasteiger partial charge on any atom is -0.351 e. The molecule has 1 saturated carbocycles. The molecule has 3 rings (SSSR count). The van der Waals surface area contributed by atoms with Gasteiger partial charge in [0.1, 0.15) is 0 Å². The highest BCUT2D eigenvalue weighted by molar-refractivity contribution is 8.01. The summed E-state index contributed by atoms with van der Waals surface area (Å²) in [7, 11) is 0. The summed E-state index contributed by atoms with van der Waals surface area (Å²) in [4.78, 5) is 12.1. The highest BCUT2D eigenvalue weighted by Gasteiger charge is 2.54. The minimum atomic E-state index is -0.135. The zero-order chi connectivity index (χ0) is 10.5. The molecular formula is C11H18N2OS. The molecule has 3 aliphatic rings. The Kier molecular flexibility index (Phi) is 2.25. The molecule has 3 nitrogen and oxygen atoms in total. The zero-order valence-electron chi connectivity index (χ0n) is 9.08. The van der Waals surface area contributed by atoms with Crippen molar-refractivity contribution in [3.8, 4) is 0 Å². The second kappa shape index (κ2) is 3.39. The Balaban J connectivity index is 1.57. The molecule has 2 heterocycles. The Morgan fingerprint density at radius 1 is 1.47 bits per heavy atom. The molecule has 3 fully saturated rings. The van der Waals surface area contributed by atoms with Crippen LogP contribution in [0.5, 0.6) is 0 Å². The van der Waals surface area contributed by atoms with E-state index in [0.29, 0.717) is 6.04 Å². The molecule has 2 aliphatic heterocycles. The Labute approximate surface area is 94.8 Å². The molecule has 0 bridgehead atoms. The van der Waals surface area contributed by atoms with Crippen molar-refractivity contribution in [2.45, 2.75) is 30.6 Å². The summed E-state index contributed by atoms with van der Waals surface area (Å²) in [6.07, 6.45) is 2.23. The van der Waals surface area contributed by atoms with E-state index in [2.05, 4.69) is 17.6 Å². The lowest BCUT2D eigenvalue weighted by Gasteiger charge is -2.22. The van der Waals surface area contributed by atoms with Gasteiger partial charge in [-0.15, -0.1) is 11.8 Å². The monoisotopic (exact) mass is 226 g/mol. The van der Waals surface area contributed by atoms with Crippen LogP contribution >= 0.6 is 11.8 Å². The summed E-state index contributed by atoms with van der Waals surface area (Å²) in [5, 5.41) is 6.59. The fourth-order valence-corrected chi connectivity index (χ4v) is 4.11. The van der Waals surface area contributed by atoms with E-state index in [1.807, 2.05) is 11.8 Å². The van der Waals surface area contributed by atoms with Gasteiger partial charge in [0.05, 0.1) is 4.75 Å². The van der Waals surface area contributed by atoms with Crippen molar-refractivity contribution in [2.75, 3.05) is 18.8 Å². The molecule has 0 spiro atoms. The molecule has 15 heavy (non-hydrogen) atoms. The quantitative estimate of drug-likeness (QED) is 0.725. The van der Waals surface area contributed by atoms with Crippen LogP contribution in [-0.4, -0.2) is 35.5 Å². The molecular weight excluding hydrogens is 208 g/mol. The molecule has 3 atom stereocenters. The molecule has 2 saturated heterocycles. The number of hydrogen-bond donors (Lipinski definition) is 2. The van der Waals surface area contributed by atoms with Gasteiger partial charge in [0.2, 0.25) is 5.91 Å². The molecule has 0 aromatic rings. The molecule has 1 aliphatic carbocycles. The van der Waals surface area contributed by atoms with Crippen LogP contribution in [0.15, 0.2) is 0 Å². The van der Waals surface area contributed by atoms with Crippen LogP contribution in [0.1, 0.15) is 19.8 Å². The van der Waals surface area contributed by atoms with Crippen LogP contribution < -0.4 is 10.6 Å². The smallest absolute Gasteiger partial charge is 0.236 e. The summed E-state index contributed by atoms with van der Waals surface area (Å²) < 4.78 is -0.135. The minimum absolute atomic E-state index is 0.135. The first-order valence-electron chi connectivity index (χ1n) is 5.86. The first-order chi connectivity index (χ1) is 7.21. The molecule has 2 N–H and O–H groups in total. The van der Waals surface area contributed by atoms with E-state index < -0.39 is 0 Å².